The van der Waals surface area contributed by atoms with Gasteiger partial charge in [0.1, 0.15) is 5.82 Å². The van der Waals surface area contributed by atoms with Gasteiger partial charge in [-0.2, -0.15) is 15.0 Å². The largest absolute Gasteiger partial charge is 0.368 e. The average Bonchev–Trinajstić information content (AvgIpc) is 2.38. The molecule has 0 spiro atoms. The van der Waals surface area contributed by atoms with Crippen LogP contribution in [0.1, 0.15) is 35.8 Å². The number of thiol groups is 1. The number of nitrogens with zero attached hydrogens (tertiary/aromatic N) is 3. The second-order valence-corrected chi connectivity index (χ2v) is 5.55. The van der Waals surface area contributed by atoms with Gasteiger partial charge in [-0.3, -0.25) is 0 Å². The lowest BCUT2D eigenvalue weighted by Crippen LogP contribution is -2.19. The van der Waals surface area contributed by atoms with Gasteiger partial charge in [0.15, 0.2) is 0 Å². The van der Waals surface area contributed by atoms with Crippen molar-refractivity contribution in [1.82, 2.24) is 15.0 Å². The maximum absolute atomic E-state index is 5.67. The maximum atomic E-state index is 5.67. The topological polar surface area (TPSA) is 76.7 Å². The number of nitrogens with one attached hydrogen (secondary N) is 1. The van der Waals surface area contributed by atoms with Crippen LogP contribution in [0.3, 0.4) is 0 Å². The molecular weight excluding hydrogens is 270 g/mol. The fraction of sp³-hybridized carbons (Fsp3) is 0.357. The number of anilines is 2. The Labute approximate surface area is 123 Å². The third-order valence-corrected chi connectivity index (χ3v) is 3.79. The van der Waals surface area contributed by atoms with E-state index < -0.39 is 0 Å². The van der Waals surface area contributed by atoms with Gasteiger partial charge in [-0.25, -0.2) is 0 Å². The third-order valence-electron chi connectivity index (χ3n) is 3.51. The molecule has 3 rings (SSSR count). The first-order valence-corrected chi connectivity index (χ1v) is 7.13. The van der Waals surface area contributed by atoms with Gasteiger partial charge in [-0.1, -0.05) is 6.07 Å². The van der Waals surface area contributed by atoms with Crippen molar-refractivity contribution in [2.75, 3.05) is 11.1 Å². The number of aromatic nitrogens is 3. The van der Waals surface area contributed by atoms with Crippen molar-refractivity contribution in [1.29, 1.82) is 0 Å². The molecule has 0 saturated carbocycles. The van der Waals surface area contributed by atoms with Gasteiger partial charge in [0.25, 0.3) is 0 Å². The van der Waals surface area contributed by atoms with Crippen LogP contribution in [0.4, 0.5) is 11.9 Å². The molecule has 0 bridgehead atoms. The number of hydrogen-bond acceptors (Lipinski definition) is 6. The van der Waals surface area contributed by atoms with Crippen LogP contribution in [0.15, 0.2) is 23.1 Å². The van der Waals surface area contributed by atoms with Crippen LogP contribution >= 0.6 is 12.6 Å². The number of nitrogen functional groups attached to an aromatic ring is 1. The summed E-state index contributed by atoms with van der Waals surface area (Å²) in [5.41, 5.74) is 8.31. The van der Waals surface area contributed by atoms with E-state index in [-0.39, 0.29) is 12.0 Å². The SMILES string of the molecule is Cc1nc(N)nc(NC2CCCc3ccc(S)cc32)n1. The number of benzene rings is 1. The van der Waals surface area contributed by atoms with Gasteiger partial charge in [0, 0.05) is 4.90 Å². The Bertz CT molecular complexity index is 623. The Hall–Kier alpha value is -1.82. The predicted molar refractivity (Wildman–Crippen MR) is 82.0 cm³/mol. The molecule has 1 heterocycles. The number of rotatable bonds is 2. The minimum atomic E-state index is 0.201. The van der Waals surface area contributed by atoms with Gasteiger partial charge < -0.3 is 11.1 Å². The zero-order chi connectivity index (χ0) is 14.1. The monoisotopic (exact) mass is 287 g/mol. The van der Waals surface area contributed by atoms with Crippen molar-refractivity contribution in [3.05, 3.63) is 35.2 Å². The van der Waals surface area contributed by atoms with E-state index in [4.69, 9.17) is 5.73 Å². The molecule has 0 aliphatic heterocycles. The summed E-state index contributed by atoms with van der Waals surface area (Å²) in [5.74, 6) is 1.41. The van der Waals surface area contributed by atoms with Gasteiger partial charge in [-0.05, 0) is 49.4 Å². The Morgan fingerprint density at radius 2 is 2.15 bits per heavy atom. The second-order valence-electron chi connectivity index (χ2n) is 5.04. The highest BCUT2D eigenvalue weighted by molar-refractivity contribution is 7.80. The molecule has 6 heteroatoms. The normalized spacial score (nSPS) is 17.6. The molecule has 1 atom stereocenters. The summed E-state index contributed by atoms with van der Waals surface area (Å²) in [6.45, 7) is 1.81. The standard InChI is InChI=1S/C14H17N5S/c1-8-16-13(15)19-14(17-8)18-12-4-2-3-9-5-6-10(20)7-11(9)12/h5-7,12,20H,2-4H2,1H3,(H3,15,16,17,18,19). The summed E-state index contributed by atoms with van der Waals surface area (Å²) < 4.78 is 0. The number of hydrogen-bond donors (Lipinski definition) is 3. The first-order valence-electron chi connectivity index (χ1n) is 6.68. The molecule has 1 aromatic carbocycles. The van der Waals surface area contributed by atoms with Crippen LogP contribution in [0.5, 0.6) is 0 Å². The molecule has 0 amide bonds. The molecule has 1 aliphatic rings. The molecule has 0 radical (unpaired) electrons. The van der Waals surface area contributed by atoms with E-state index in [1.807, 2.05) is 13.0 Å². The first-order chi connectivity index (χ1) is 9.61. The quantitative estimate of drug-likeness (QED) is 0.740. The molecule has 1 aliphatic carbocycles. The molecule has 1 aromatic heterocycles. The van der Waals surface area contributed by atoms with Crippen molar-refractivity contribution >= 4 is 24.5 Å². The Morgan fingerprint density at radius 1 is 1.30 bits per heavy atom. The van der Waals surface area contributed by atoms with Gasteiger partial charge in [-0.15, -0.1) is 12.6 Å². The molecular formula is C14H17N5S. The first kappa shape index (κ1) is 13.2. The highest BCUT2D eigenvalue weighted by Crippen LogP contribution is 2.33. The van der Waals surface area contributed by atoms with E-state index in [1.54, 1.807) is 0 Å². The van der Waals surface area contributed by atoms with Gasteiger partial charge in [0.2, 0.25) is 11.9 Å². The predicted octanol–water partition coefficient (Wildman–Crippen LogP) is 2.54. The lowest BCUT2D eigenvalue weighted by Gasteiger charge is -2.26. The summed E-state index contributed by atoms with van der Waals surface area (Å²) in [4.78, 5) is 13.4. The van der Waals surface area contributed by atoms with E-state index in [0.717, 1.165) is 24.2 Å². The zero-order valence-corrected chi connectivity index (χ0v) is 12.2. The average molecular weight is 287 g/mol. The van der Waals surface area contributed by atoms with Crippen LogP contribution in [0.2, 0.25) is 0 Å². The van der Waals surface area contributed by atoms with Crippen molar-refractivity contribution in [2.24, 2.45) is 0 Å². The summed E-state index contributed by atoms with van der Waals surface area (Å²) in [5, 5.41) is 3.37. The highest BCUT2D eigenvalue weighted by atomic mass is 32.1. The number of aryl methyl sites for hydroxylation is 2. The van der Waals surface area contributed by atoms with Crippen molar-refractivity contribution < 1.29 is 0 Å². The zero-order valence-electron chi connectivity index (χ0n) is 11.3. The molecule has 2 aromatic rings. The van der Waals surface area contributed by atoms with Gasteiger partial charge >= 0.3 is 0 Å². The fourth-order valence-electron chi connectivity index (χ4n) is 2.66. The van der Waals surface area contributed by atoms with E-state index >= 15 is 0 Å². The smallest absolute Gasteiger partial charge is 0.228 e. The van der Waals surface area contributed by atoms with Crippen LogP contribution in [0.25, 0.3) is 0 Å². The van der Waals surface area contributed by atoms with Crippen molar-refractivity contribution in [3.63, 3.8) is 0 Å². The summed E-state index contributed by atoms with van der Waals surface area (Å²) in [6.07, 6.45) is 3.31. The lowest BCUT2D eigenvalue weighted by molar-refractivity contribution is 0.594. The van der Waals surface area contributed by atoms with E-state index in [1.165, 1.54) is 11.1 Å². The summed E-state index contributed by atoms with van der Waals surface area (Å²) >= 11 is 4.43. The molecule has 104 valence electrons. The summed E-state index contributed by atoms with van der Waals surface area (Å²) in [6, 6.07) is 6.51. The van der Waals surface area contributed by atoms with Crippen LogP contribution in [-0.4, -0.2) is 15.0 Å². The van der Waals surface area contributed by atoms with Crippen molar-refractivity contribution in [2.45, 2.75) is 37.1 Å². The Balaban J connectivity index is 1.91. The van der Waals surface area contributed by atoms with Crippen LogP contribution in [0, 0.1) is 6.92 Å². The minimum Gasteiger partial charge on any atom is -0.368 e. The molecule has 3 N–H and O–H groups in total. The van der Waals surface area contributed by atoms with Crippen molar-refractivity contribution in [3.8, 4) is 0 Å². The van der Waals surface area contributed by atoms with E-state index in [2.05, 4.69) is 45.0 Å². The Morgan fingerprint density at radius 3 is 2.95 bits per heavy atom. The summed E-state index contributed by atoms with van der Waals surface area (Å²) in [7, 11) is 0. The van der Waals surface area contributed by atoms with Gasteiger partial charge in [0.05, 0.1) is 6.04 Å². The molecule has 0 saturated heterocycles. The Kier molecular flexibility index (Phi) is 3.48. The molecule has 20 heavy (non-hydrogen) atoms. The molecule has 5 nitrogen and oxygen atoms in total. The molecule has 1 unspecified atom stereocenters. The maximum Gasteiger partial charge on any atom is 0.228 e. The highest BCUT2D eigenvalue weighted by Gasteiger charge is 2.21. The third kappa shape index (κ3) is 2.70. The molecule has 0 fully saturated rings. The number of fused-ring (bicyclic) bond motifs is 1. The second kappa shape index (κ2) is 5.28. The van der Waals surface area contributed by atoms with E-state index in [0.29, 0.717) is 11.8 Å². The lowest BCUT2D eigenvalue weighted by atomic mass is 9.88. The fourth-order valence-corrected chi connectivity index (χ4v) is 2.87. The van der Waals surface area contributed by atoms with E-state index in [9.17, 15) is 0 Å². The number of nitrogens with two attached hydrogens (primary N) is 1. The van der Waals surface area contributed by atoms with Crippen LogP contribution in [-0.2, 0) is 6.42 Å². The van der Waals surface area contributed by atoms with Crippen LogP contribution < -0.4 is 11.1 Å². The minimum absolute atomic E-state index is 0.201.